The maximum Gasteiger partial charge on any atom is 0.119 e. The van der Waals surface area contributed by atoms with E-state index in [4.69, 9.17) is 15.3 Å². The Morgan fingerprint density at radius 3 is 2.82 bits per heavy atom. The summed E-state index contributed by atoms with van der Waals surface area (Å²) in [5.74, 6) is 6.35. The average molecular weight is 303 g/mol. The van der Waals surface area contributed by atoms with Crippen LogP contribution >= 0.6 is 15.9 Å². The van der Waals surface area contributed by atoms with Crippen LogP contribution in [0.3, 0.4) is 0 Å². The molecule has 96 valence electrons. The Balaban J connectivity index is 2.70. The fraction of sp³-hybridized carbons (Fsp3) is 0.500. The lowest BCUT2D eigenvalue weighted by Gasteiger charge is -2.17. The predicted molar refractivity (Wildman–Crippen MR) is 72.0 cm³/mol. The highest BCUT2D eigenvalue weighted by molar-refractivity contribution is 9.10. The van der Waals surface area contributed by atoms with Gasteiger partial charge in [0.05, 0.1) is 13.7 Å². The second-order valence-electron chi connectivity index (χ2n) is 3.68. The van der Waals surface area contributed by atoms with Gasteiger partial charge < -0.3 is 9.47 Å². The number of halogens is 1. The predicted octanol–water partition coefficient (Wildman–Crippen LogP) is 1.87. The van der Waals surface area contributed by atoms with Crippen LogP contribution in [0.4, 0.5) is 0 Å². The standard InChI is InChI=1S/C12H19BrN2O2/c1-3-17-8-10(15-14)6-9-7-11(16-2)4-5-12(9)13/h4-5,7,10,15H,3,6,8,14H2,1-2H3. The van der Waals surface area contributed by atoms with E-state index in [0.717, 1.165) is 22.2 Å². The van der Waals surface area contributed by atoms with Gasteiger partial charge in [-0.1, -0.05) is 15.9 Å². The molecule has 0 spiro atoms. The van der Waals surface area contributed by atoms with Gasteiger partial charge in [-0.15, -0.1) is 0 Å². The molecule has 0 saturated carbocycles. The zero-order valence-electron chi connectivity index (χ0n) is 10.2. The summed E-state index contributed by atoms with van der Waals surface area (Å²) < 4.78 is 11.6. The van der Waals surface area contributed by atoms with Crippen LogP contribution in [0.25, 0.3) is 0 Å². The summed E-state index contributed by atoms with van der Waals surface area (Å²) in [4.78, 5) is 0. The molecule has 0 radical (unpaired) electrons. The maximum absolute atomic E-state index is 5.51. The minimum Gasteiger partial charge on any atom is -0.497 e. The van der Waals surface area contributed by atoms with E-state index in [0.29, 0.717) is 13.2 Å². The van der Waals surface area contributed by atoms with Crippen LogP contribution in [0.15, 0.2) is 22.7 Å². The zero-order chi connectivity index (χ0) is 12.7. The van der Waals surface area contributed by atoms with E-state index >= 15 is 0 Å². The van der Waals surface area contributed by atoms with E-state index in [1.807, 2.05) is 25.1 Å². The molecule has 0 bridgehead atoms. The smallest absolute Gasteiger partial charge is 0.119 e. The molecule has 1 aromatic carbocycles. The molecule has 5 heteroatoms. The molecule has 1 aromatic rings. The Morgan fingerprint density at radius 2 is 2.24 bits per heavy atom. The first kappa shape index (κ1) is 14.4. The number of nitrogens with one attached hydrogen (secondary N) is 1. The Hall–Kier alpha value is -0.620. The highest BCUT2D eigenvalue weighted by atomic mass is 79.9. The number of methoxy groups -OCH3 is 1. The molecule has 0 aliphatic carbocycles. The van der Waals surface area contributed by atoms with Crippen LogP contribution in [0, 0.1) is 0 Å². The Morgan fingerprint density at radius 1 is 1.47 bits per heavy atom. The highest BCUT2D eigenvalue weighted by Gasteiger charge is 2.11. The summed E-state index contributed by atoms with van der Waals surface area (Å²) in [6, 6.07) is 5.99. The maximum atomic E-state index is 5.51. The van der Waals surface area contributed by atoms with Crippen molar-refractivity contribution >= 4 is 15.9 Å². The van der Waals surface area contributed by atoms with E-state index in [-0.39, 0.29) is 6.04 Å². The minimum absolute atomic E-state index is 0.0957. The van der Waals surface area contributed by atoms with Crippen molar-refractivity contribution in [1.82, 2.24) is 5.43 Å². The van der Waals surface area contributed by atoms with E-state index in [9.17, 15) is 0 Å². The lowest BCUT2D eigenvalue weighted by molar-refractivity contribution is 0.122. The summed E-state index contributed by atoms with van der Waals surface area (Å²) in [6.07, 6.45) is 0.786. The van der Waals surface area contributed by atoms with Gasteiger partial charge >= 0.3 is 0 Å². The van der Waals surface area contributed by atoms with Crippen molar-refractivity contribution in [2.75, 3.05) is 20.3 Å². The van der Waals surface area contributed by atoms with E-state index in [2.05, 4.69) is 21.4 Å². The van der Waals surface area contributed by atoms with Crippen LogP contribution in [0.1, 0.15) is 12.5 Å². The van der Waals surface area contributed by atoms with Crippen LogP contribution in [0.5, 0.6) is 5.75 Å². The Labute approximate surface area is 111 Å². The quantitative estimate of drug-likeness (QED) is 0.596. The Bertz CT molecular complexity index is 347. The molecule has 17 heavy (non-hydrogen) atoms. The lowest BCUT2D eigenvalue weighted by atomic mass is 10.1. The van der Waals surface area contributed by atoms with E-state index in [1.165, 1.54) is 0 Å². The van der Waals surface area contributed by atoms with Gasteiger partial charge in [-0.2, -0.15) is 0 Å². The second-order valence-corrected chi connectivity index (χ2v) is 4.54. The van der Waals surface area contributed by atoms with Crippen LogP contribution in [-0.2, 0) is 11.2 Å². The van der Waals surface area contributed by atoms with Gasteiger partial charge in [-0.05, 0) is 37.1 Å². The lowest BCUT2D eigenvalue weighted by Crippen LogP contribution is -2.40. The SMILES string of the molecule is CCOCC(Cc1cc(OC)ccc1Br)NN. The normalized spacial score (nSPS) is 12.5. The molecular formula is C12H19BrN2O2. The zero-order valence-corrected chi connectivity index (χ0v) is 11.8. The minimum atomic E-state index is 0.0957. The van der Waals surface area contributed by atoms with Gasteiger partial charge in [0.1, 0.15) is 5.75 Å². The molecule has 0 heterocycles. The van der Waals surface area contributed by atoms with Crippen molar-refractivity contribution in [3.8, 4) is 5.75 Å². The molecule has 0 saturated heterocycles. The topological polar surface area (TPSA) is 56.5 Å². The Kier molecular flexibility index (Phi) is 6.50. The van der Waals surface area contributed by atoms with Crippen molar-refractivity contribution in [3.63, 3.8) is 0 Å². The summed E-state index contributed by atoms with van der Waals surface area (Å²) in [5, 5.41) is 0. The number of hydrogen-bond donors (Lipinski definition) is 2. The molecule has 1 rings (SSSR count). The van der Waals surface area contributed by atoms with E-state index < -0.39 is 0 Å². The molecule has 1 unspecified atom stereocenters. The molecule has 0 amide bonds. The fourth-order valence-corrected chi connectivity index (χ4v) is 1.93. The van der Waals surface area contributed by atoms with Crippen LogP contribution in [-0.4, -0.2) is 26.4 Å². The van der Waals surface area contributed by atoms with Gasteiger partial charge in [0.2, 0.25) is 0 Å². The van der Waals surface area contributed by atoms with Gasteiger partial charge in [0, 0.05) is 17.1 Å². The average Bonchev–Trinajstić information content (AvgIpc) is 2.36. The van der Waals surface area contributed by atoms with Crippen LogP contribution < -0.4 is 16.0 Å². The molecule has 3 N–H and O–H groups in total. The molecule has 0 aliphatic rings. The van der Waals surface area contributed by atoms with Gasteiger partial charge in [0.25, 0.3) is 0 Å². The first-order valence-corrected chi connectivity index (χ1v) is 6.36. The van der Waals surface area contributed by atoms with E-state index in [1.54, 1.807) is 7.11 Å². The number of rotatable bonds is 7. The number of ether oxygens (including phenoxy) is 2. The third-order valence-corrected chi connectivity index (χ3v) is 3.25. The first-order chi connectivity index (χ1) is 8.21. The number of benzene rings is 1. The van der Waals surface area contributed by atoms with Gasteiger partial charge in [-0.3, -0.25) is 11.3 Å². The van der Waals surface area contributed by atoms with Crippen molar-refractivity contribution in [2.45, 2.75) is 19.4 Å². The molecular weight excluding hydrogens is 284 g/mol. The molecule has 4 nitrogen and oxygen atoms in total. The van der Waals surface area contributed by atoms with Crippen molar-refractivity contribution in [2.24, 2.45) is 5.84 Å². The molecule has 0 fully saturated rings. The summed E-state index contributed by atoms with van der Waals surface area (Å²) >= 11 is 3.52. The first-order valence-electron chi connectivity index (χ1n) is 5.57. The van der Waals surface area contributed by atoms with Gasteiger partial charge in [0.15, 0.2) is 0 Å². The number of nitrogens with two attached hydrogens (primary N) is 1. The second kappa shape index (κ2) is 7.66. The summed E-state index contributed by atoms with van der Waals surface area (Å²) in [5.41, 5.74) is 3.91. The van der Waals surface area contributed by atoms with Crippen molar-refractivity contribution in [3.05, 3.63) is 28.2 Å². The fourth-order valence-electron chi connectivity index (χ4n) is 1.53. The largest absolute Gasteiger partial charge is 0.497 e. The van der Waals surface area contributed by atoms with Crippen molar-refractivity contribution in [1.29, 1.82) is 0 Å². The summed E-state index contributed by atoms with van der Waals surface area (Å²) in [6.45, 7) is 3.25. The monoisotopic (exact) mass is 302 g/mol. The molecule has 1 atom stereocenters. The van der Waals surface area contributed by atoms with Crippen LogP contribution in [0.2, 0.25) is 0 Å². The number of hydrazine groups is 1. The molecule has 0 aliphatic heterocycles. The molecule has 0 aromatic heterocycles. The van der Waals surface area contributed by atoms with Crippen molar-refractivity contribution < 1.29 is 9.47 Å². The third kappa shape index (κ3) is 4.63. The number of hydrogen-bond acceptors (Lipinski definition) is 4. The summed E-state index contributed by atoms with van der Waals surface area (Å²) in [7, 11) is 1.66. The highest BCUT2D eigenvalue weighted by Crippen LogP contribution is 2.23. The van der Waals surface area contributed by atoms with Gasteiger partial charge in [-0.25, -0.2) is 0 Å². The third-order valence-electron chi connectivity index (χ3n) is 2.48.